The van der Waals surface area contributed by atoms with Crippen molar-refractivity contribution in [2.75, 3.05) is 18.9 Å². The largest absolute Gasteiger partial charge is 0.474 e. The number of nitrogens with two attached hydrogens (primary N) is 1. The Bertz CT molecular complexity index is 915. The number of rotatable bonds is 4. The molecule has 4 N–H and O–H groups in total. The molecule has 3 heterocycles. The van der Waals surface area contributed by atoms with Crippen LogP contribution in [0.5, 0.6) is 5.88 Å². The average Bonchev–Trinajstić information content (AvgIpc) is 3.10. The summed E-state index contributed by atoms with van der Waals surface area (Å²) in [6.07, 6.45) is 5.00. The standard InChI is InChI=1S/C18H19N5O2/c19-14-3-6-21-18(25-13-4-7-24-8-5-13)16(14)17(20)11-1-2-15-12(9-11)10-22-23-15/h1-3,6,9-10,13,20H,4-5,7-8H2,(H2,19,21)(H,22,23). The number of ether oxygens (including phenoxy) is 2. The molecule has 1 fully saturated rings. The Labute approximate surface area is 144 Å². The second kappa shape index (κ2) is 6.52. The van der Waals surface area contributed by atoms with E-state index in [1.165, 1.54) is 0 Å². The number of hydrogen-bond donors (Lipinski definition) is 3. The highest BCUT2D eigenvalue weighted by Crippen LogP contribution is 2.28. The number of nitrogens with one attached hydrogen (secondary N) is 2. The van der Waals surface area contributed by atoms with Gasteiger partial charge in [-0.1, -0.05) is 6.07 Å². The molecule has 25 heavy (non-hydrogen) atoms. The Hall–Kier alpha value is -2.93. The first-order valence-corrected chi connectivity index (χ1v) is 8.23. The monoisotopic (exact) mass is 337 g/mol. The zero-order chi connectivity index (χ0) is 17.2. The molecular weight excluding hydrogens is 318 g/mol. The van der Waals surface area contributed by atoms with E-state index < -0.39 is 0 Å². The van der Waals surface area contributed by atoms with E-state index >= 15 is 0 Å². The first-order valence-electron chi connectivity index (χ1n) is 8.23. The Balaban J connectivity index is 1.69. The molecule has 2 aromatic heterocycles. The van der Waals surface area contributed by atoms with Gasteiger partial charge in [-0.2, -0.15) is 5.10 Å². The smallest absolute Gasteiger partial charge is 0.225 e. The maximum Gasteiger partial charge on any atom is 0.225 e. The summed E-state index contributed by atoms with van der Waals surface area (Å²) in [7, 11) is 0. The molecule has 0 bridgehead atoms. The number of pyridine rings is 1. The molecular formula is C18H19N5O2. The molecule has 3 aromatic rings. The van der Waals surface area contributed by atoms with Crippen LogP contribution in [0.15, 0.2) is 36.7 Å². The second-order valence-electron chi connectivity index (χ2n) is 6.06. The van der Waals surface area contributed by atoms with Gasteiger partial charge in [-0.05, 0) is 18.2 Å². The van der Waals surface area contributed by atoms with E-state index in [1.54, 1.807) is 18.5 Å². The predicted octanol–water partition coefficient (Wildman–Crippen LogP) is 2.51. The van der Waals surface area contributed by atoms with Crippen LogP contribution in [0.4, 0.5) is 5.69 Å². The molecule has 7 nitrogen and oxygen atoms in total. The van der Waals surface area contributed by atoms with Crippen molar-refractivity contribution in [1.29, 1.82) is 5.41 Å². The summed E-state index contributed by atoms with van der Waals surface area (Å²) in [4.78, 5) is 4.33. The number of aromatic nitrogens is 3. The predicted molar refractivity (Wildman–Crippen MR) is 95.1 cm³/mol. The number of benzene rings is 1. The van der Waals surface area contributed by atoms with Gasteiger partial charge in [-0.15, -0.1) is 0 Å². The molecule has 0 saturated carbocycles. The number of fused-ring (bicyclic) bond motifs is 1. The lowest BCUT2D eigenvalue weighted by molar-refractivity contribution is 0.0237. The lowest BCUT2D eigenvalue weighted by Crippen LogP contribution is -2.27. The van der Waals surface area contributed by atoms with Crippen LogP contribution in [0.1, 0.15) is 24.0 Å². The molecule has 1 aromatic carbocycles. The van der Waals surface area contributed by atoms with Crippen molar-refractivity contribution in [3.63, 3.8) is 0 Å². The fraction of sp³-hybridized carbons (Fsp3) is 0.278. The zero-order valence-corrected chi connectivity index (χ0v) is 13.7. The van der Waals surface area contributed by atoms with Crippen LogP contribution in [0.3, 0.4) is 0 Å². The second-order valence-corrected chi connectivity index (χ2v) is 6.06. The highest BCUT2D eigenvalue weighted by atomic mass is 16.5. The van der Waals surface area contributed by atoms with Gasteiger partial charge in [0.1, 0.15) is 6.10 Å². The fourth-order valence-corrected chi connectivity index (χ4v) is 2.99. The van der Waals surface area contributed by atoms with Gasteiger partial charge in [0.2, 0.25) is 5.88 Å². The molecule has 1 aliphatic rings. The van der Waals surface area contributed by atoms with Gasteiger partial charge in [0.25, 0.3) is 0 Å². The number of aromatic amines is 1. The van der Waals surface area contributed by atoms with Gasteiger partial charge < -0.3 is 15.2 Å². The minimum absolute atomic E-state index is 0.0333. The Kier molecular flexibility index (Phi) is 4.07. The molecule has 7 heteroatoms. The lowest BCUT2D eigenvalue weighted by atomic mass is 10.0. The molecule has 1 aliphatic heterocycles. The van der Waals surface area contributed by atoms with Crippen molar-refractivity contribution in [2.24, 2.45) is 0 Å². The summed E-state index contributed by atoms with van der Waals surface area (Å²) in [6.45, 7) is 1.35. The molecule has 0 unspecified atom stereocenters. The third-order valence-corrected chi connectivity index (χ3v) is 4.37. The zero-order valence-electron chi connectivity index (χ0n) is 13.7. The summed E-state index contributed by atoms with van der Waals surface area (Å²) < 4.78 is 11.4. The molecule has 1 saturated heterocycles. The normalized spacial score (nSPS) is 15.4. The minimum Gasteiger partial charge on any atom is -0.474 e. The number of hydrogen-bond acceptors (Lipinski definition) is 6. The maximum atomic E-state index is 8.64. The molecule has 0 spiro atoms. The molecule has 4 rings (SSSR count). The van der Waals surface area contributed by atoms with Crippen molar-refractivity contribution in [2.45, 2.75) is 18.9 Å². The maximum absolute atomic E-state index is 8.64. The molecule has 0 aliphatic carbocycles. The fourth-order valence-electron chi connectivity index (χ4n) is 2.99. The van der Waals surface area contributed by atoms with Crippen molar-refractivity contribution in [3.8, 4) is 5.88 Å². The van der Waals surface area contributed by atoms with E-state index in [0.29, 0.717) is 30.3 Å². The van der Waals surface area contributed by atoms with Crippen LogP contribution >= 0.6 is 0 Å². The Morgan fingerprint density at radius 1 is 1.28 bits per heavy atom. The van der Waals surface area contributed by atoms with E-state index in [2.05, 4.69) is 15.2 Å². The van der Waals surface area contributed by atoms with Gasteiger partial charge in [-0.25, -0.2) is 4.98 Å². The quantitative estimate of drug-likeness (QED) is 0.634. The first kappa shape index (κ1) is 15.6. The highest BCUT2D eigenvalue weighted by Gasteiger charge is 2.21. The van der Waals surface area contributed by atoms with Crippen molar-refractivity contribution in [1.82, 2.24) is 15.2 Å². The van der Waals surface area contributed by atoms with Crippen molar-refractivity contribution >= 4 is 22.3 Å². The minimum atomic E-state index is 0.0333. The number of nitrogens with zero attached hydrogens (tertiary/aromatic N) is 2. The summed E-state index contributed by atoms with van der Waals surface area (Å²) in [5.41, 5.74) is 9.11. The van der Waals surface area contributed by atoms with Crippen LogP contribution < -0.4 is 10.5 Å². The van der Waals surface area contributed by atoms with E-state index in [9.17, 15) is 0 Å². The van der Waals surface area contributed by atoms with E-state index in [4.69, 9.17) is 20.6 Å². The number of H-pyrrole nitrogens is 1. The number of nitrogen functional groups attached to an aromatic ring is 1. The SMILES string of the molecule is N=C(c1ccc2[nH]ncc2c1)c1c(N)ccnc1OC1CCOCC1. The van der Waals surface area contributed by atoms with E-state index in [1.807, 2.05) is 18.2 Å². The first-order chi connectivity index (χ1) is 12.2. The van der Waals surface area contributed by atoms with Crippen molar-refractivity contribution in [3.05, 3.63) is 47.8 Å². The summed E-state index contributed by atoms with van der Waals surface area (Å²) in [6, 6.07) is 7.37. The van der Waals surface area contributed by atoms with Gasteiger partial charge >= 0.3 is 0 Å². The van der Waals surface area contributed by atoms with Gasteiger partial charge in [0.05, 0.1) is 36.2 Å². The average molecular weight is 337 g/mol. The Morgan fingerprint density at radius 3 is 2.96 bits per heavy atom. The molecule has 0 radical (unpaired) electrons. The van der Waals surface area contributed by atoms with Crippen LogP contribution in [-0.2, 0) is 4.74 Å². The van der Waals surface area contributed by atoms with E-state index in [-0.39, 0.29) is 11.8 Å². The summed E-state index contributed by atoms with van der Waals surface area (Å²) in [5.74, 6) is 0.407. The third-order valence-electron chi connectivity index (χ3n) is 4.37. The van der Waals surface area contributed by atoms with Crippen molar-refractivity contribution < 1.29 is 9.47 Å². The van der Waals surface area contributed by atoms with Crippen LogP contribution in [0, 0.1) is 5.41 Å². The molecule has 0 atom stereocenters. The van der Waals surface area contributed by atoms with Gasteiger partial charge in [0, 0.05) is 35.7 Å². The van der Waals surface area contributed by atoms with Crippen LogP contribution in [-0.4, -0.2) is 40.2 Å². The number of anilines is 1. The Morgan fingerprint density at radius 2 is 2.12 bits per heavy atom. The van der Waals surface area contributed by atoms with Gasteiger partial charge in [-0.3, -0.25) is 10.5 Å². The molecule has 128 valence electrons. The van der Waals surface area contributed by atoms with Gasteiger partial charge in [0.15, 0.2) is 0 Å². The summed E-state index contributed by atoms with van der Waals surface area (Å²) in [5, 5.41) is 16.5. The third kappa shape index (κ3) is 3.06. The lowest BCUT2D eigenvalue weighted by Gasteiger charge is -2.24. The van der Waals surface area contributed by atoms with Crippen LogP contribution in [0.2, 0.25) is 0 Å². The van der Waals surface area contributed by atoms with E-state index in [0.717, 1.165) is 29.3 Å². The molecule has 0 amide bonds. The summed E-state index contributed by atoms with van der Waals surface area (Å²) >= 11 is 0. The van der Waals surface area contributed by atoms with Crippen LogP contribution in [0.25, 0.3) is 10.9 Å². The topological polar surface area (TPSA) is 110 Å². The highest BCUT2D eigenvalue weighted by molar-refractivity contribution is 6.16.